The van der Waals surface area contributed by atoms with Gasteiger partial charge in [0.15, 0.2) is 5.54 Å². The van der Waals surface area contributed by atoms with Crippen molar-refractivity contribution in [2.75, 3.05) is 13.2 Å². The molecule has 0 bridgehead atoms. The highest BCUT2D eigenvalue weighted by molar-refractivity contribution is 6.30. The average molecular weight is 456 g/mol. The molecule has 0 fully saturated rings. The molecule has 8 heteroatoms. The van der Waals surface area contributed by atoms with Crippen molar-refractivity contribution in [2.45, 2.75) is 24.0 Å². The quantitative estimate of drug-likeness (QED) is 0.580. The number of halogens is 3. The highest BCUT2D eigenvalue weighted by Crippen LogP contribution is 2.55. The molecule has 0 radical (unpaired) electrons. The minimum atomic E-state index is -3.31. The van der Waals surface area contributed by atoms with Crippen molar-refractivity contribution in [3.8, 4) is 16.9 Å². The van der Waals surface area contributed by atoms with Crippen molar-refractivity contribution < 1.29 is 18.3 Å². The first-order chi connectivity index (χ1) is 15.4. The number of nitrogens with zero attached hydrogens (tertiary/aromatic N) is 2. The van der Waals surface area contributed by atoms with E-state index in [1.165, 1.54) is 6.20 Å². The average Bonchev–Trinajstić information content (AvgIpc) is 2.89. The van der Waals surface area contributed by atoms with Crippen LogP contribution in [0.5, 0.6) is 5.75 Å². The summed E-state index contributed by atoms with van der Waals surface area (Å²) < 4.78 is 42.9. The van der Waals surface area contributed by atoms with Crippen LogP contribution in [0, 0.1) is 0 Å². The van der Waals surface area contributed by atoms with Gasteiger partial charge in [0.25, 0.3) is 5.92 Å². The Bertz CT molecular complexity index is 1190. The number of aliphatic imine (C=N–C) groups is 1. The monoisotopic (exact) mass is 455 g/mol. The van der Waals surface area contributed by atoms with Gasteiger partial charge in [0, 0.05) is 29.9 Å². The molecule has 5 rings (SSSR count). The fourth-order valence-electron chi connectivity index (χ4n) is 4.35. The Hall–Kier alpha value is -3.03. The highest BCUT2D eigenvalue weighted by Gasteiger charge is 2.60. The summed E-state index contributed by atoms with van der Waals surface area (Å²) in [6.45, 7) is -0.942. The second kappa shape index (κ2) is 7.83. The Morgan fingerprint density at radius 3 is 2.62 bits per heavy atom. The molecule has 164 valence electrons. The minimum Gasteiger partial charge on any atom is -0.485 e. The Morgan fingerprint density at radius 1 is 1.03 bits per heavy atom. The summed E-state index contributed by atoms with van der Waals surface area (Å²) >= 11 is 6.09. The van der Waals surface area contributed by atoms with E-state index in [0.29, 0.717) is 21.9 Å². The molecule has 2 N–H and O–H groups in total. The fourth-order valence-corrected chi connectivity index (χ4v) is 4.52. The molecule has 2 aromatic carbocycles. The fraction of sp³-hybridized carbons (Fsp3) is 0.250. The SMILES string of the molecule is NC1=N[C@@]2(CC(c3ccccc3)Oc3ccc(-c4cncc(Cl)c4)cc32)C(F)(F)COC1. The number of ether oxygens (including phenoxy) is 2. The van der Waals surface area contributed by atoms with Crippen LogP contribution in [0.1, 0.15) is 23.7 Å². The molecule has 1 unspecified atom stereocenters. The van der Waals surface area contributed by atoms with Crippen LogP contribution in [0.25, 0.3) is 11.1 Å². The van der Waals surface area contributed by atoms with Gasteiger partial charge in [-0.1, -0.05) is 48.0 Å². The molecule has 3 heterocycles. The molecule has 2 aliphatic rings. The van der Waals surface area contributed by atoms with Gasteiger partial charge in [0.2, 0.25) is 0 Å². The molecule has 3 aromatic rings. The zero-order chi connectivity index (χ0) is 22.3. The standard InChI is InChI=1S/C24H20ClF2N3O2/c25-18-8-17(11-29-12-18)16-6-7-20-19(9-16)23(24(26,27)14-31-13-22(28)30-23)10-21(32-20)15-4-2-1-3-5-15/h1-9,11-12,21H,10,13-14H2,(H2,28,30)/t21?,23-/m1/s1. The van der Waals surface area contributed by atoms with E-state index in [2.05, 4.69) is 9.98 Å². The molecule has 0 aliphatic carbocycles. The van der Waals surface area contributed by atoms with Crippen molar-refractivity contribution in [2.24, 2.45) is 10.7 Å². The maximum Gasteiger partial charge on any atom is 0.299 e. The van der Waals surface area contributed by atoms with E-state index in [0.717, 1.165) is 5.56 Å². The molecule has 5 nitrogen and oxygen atoms in total. The van der Waals surface area contributed by atoms with Crippen LogP contribution in [-0.2, 0) is 10.3 Å². The number of amidine groups is 1. The first-order valence-electron chi connectivity index (χ1n) is 10.1. The van der Waals surface area contributed by atoms with Gasteiger partial charge in [-0.15, -0.1) is 0 Å². The molecular weight excluding hydrogens is 436 g/mol. The normalized spacial score (nSPS) is 24.2. The molecule has 0 saturated carbocycles. The van der Waals surface area contributed by atoms with E-state index < -0.39 is 24.2 Å². The third-order valence-corrected chi connectivity index (χ3v) is 6.06. The predicted molar refractivity (Wildman–Crippen MR) is 118 cm³/mol. The number of pyridine rings is 1. The summed E-state index contributed by atoms with van der Waals surface area (Å²) in [5.41, 5.74) is 6.48. The van der Waals surface area contributed by atoms with Gasteiger partial charge in [0.1, 0.15) is 30.9 Å². The van der Waals surface area contributed by atoms with Crippen molar-refractivity contribution in [3.05, 3.63) is 83.1 Å². The van der Waals surface area contributed by atoms with Crippen LogP contribution in [0.4, 0.5) is 8.78 Å². The summed E-state index contributed by atoms with van der Waals surface area (Å²) in [7, 11) is 0. The lowest BCUT2D eigenvalue weighted by Gasteiger charge is -2.43. The zero-order valence-electron chi connectivity index (χ0n) is 17.0. The highest BCUT2D eigenvalue weighted by atomic mass is 35.5. The predicted octanol–water partition coefficient (Wildman–Crippen LogP) is 5.14. The van der Waals surface area contributed by atoms with E-state index in [9.17, 15) is 0 Å². The number of nitrogens with two attached hydrogens (primary N) is 1. The lowest BCUT2D eigenvalue weighted by atomic mass is 9.75. The van der Waals surface area contributed by atoms with Crippen molar-refractivity contribution in [3.63, 3.8) is 0 Å². The van der Waals surface area contributed by atoms with E-state index in [1.807, 2.05) is 30.3 Å². The van der Waals surface area contributed by atoms with Gasteiger partial charge >= 0.3 is 0 Å². The number of fused-ring (bicyclic) bond motifs is 2. The van der Waals surface area contributed by atoms with Crippen LogP contribution in [0.3, 0.4) is 0 Å². The van der Waals surface area contributed by atoms with E-state index >= 15 is 8.78 Å². The number of alkyl halides is 2. The second-order valence-corrected chi connectivity index (χ2v) is 8.42. The number of rotatable bonds is 2. The Kier molecular flexibility index (Phi) is 5.10. The molecule has 0 amide bonds. The van der Waals surface area contributed by atoms with Crippen LogP contribution >= 0.6 is 11.6 Å². The number of benzene rings is 2. The van der Waals surface area contributed by atoms with Gasteiger partial charge in [-0.05, 0) is 29.3 Å². The van der Waals surface area contributed by atoms with Crippen LogP contribution in [0.15, 0.2) is 72.0 Å². The summed E-state index contributed by atoms with van der Waals surface area (Å²) in [6, 6.07) is 16.2. The summed E-state index contributed by atoms with van der Waals surface area (Å²) in [6.07, 6.45) is 2.43. The maximum absolute atomic E-state index is 15.8. The van der Waals surface area contributed by atoms with Gasteiger partial charge in [-0.3, -0.25) is 9.98 Å². The Balaban J connectivity index is 1.72. The number of aromatic nitrogens is 1. The van der Waals surface area contributed by atoms with Gasteiger partial charge in [0.05, 0.1) is 5.02 Å². The van der Waals surface area contributed by atoms with Gasteiger partial charge < -0.3 is 15.2 Å². The maximum atomic E-state index is 15.8. The van der Waals surface area contributed by atoms with Crippen LogP contribution in [-0.4, -0.2) is 30.0 Å². The zero-order valence-corrected chi connectivity index (χ0v) is 17.7. The van der Waals surface area contributed by atoms with Crippen molar-refractivity contribution in [1.29, 1.82) is 0 Å². The van der Waals surface area contributed by atoms with Crippen LogP contribution in [0.2, 0.25) is 5.02 Å². The summed E-state index contributed by atoms with van der Waals surface area (Å²) in [5.74, 6) is -2.95. The third-order valence-electron chi connectivity index (χ3n) is 5.86. The molecule has 32 heavy (non-hydrogen) atoms. The number of hydrogen-bond acceptors (Lipinski definition) is 5. The summed E-state index contributed by atoms with van der Waals surface area (Å²) in [5, 5.41) is 0.450. The molecule has 2 aliphatic heterocycles. The van der Waals surface area contributed by atoms with Crippen molar-refractivity contribution >= 4 is 17.4 Å². The van der Waals surface area contributed by atoms with E-state index in [4.69, 9.17) is 26.8 Å². The van der Waals surface area contributed by atoms with Crippen LogP contribution < -0.4 is 10.5 Å². The van der Waals surface area contributed by atoms with Gasteiger partial charge in [-0.2, -0.15) is 0 Å². The lowest BCUT2D eigenvalue weighted by molar-refractivity contribution is -0.136. The number of hydrogen-bond donors (Lipinski definition) is 1. The van der Waals surface area contributed by atoms with Crippen molar-refractivity contribution in [1.82, 2.24) is 4.98 Å². The third kappa shape index (κ3) is 3.51. The Labute approximate surface area is 188 Å². The van der Waals surface area contributed by atoms with E-state index in [-0.39, 0.29) is 24.4 Å². The second-order valence-electron chi connectivity index (χ2n) is 7.98. The minimum absolute atomic E-state index is 0.0247. The molecular formula is C24H20ClF2N3O2. The molecule has 1 spiro atoms. The summed E-state index contributed by atoms with van der Waals surface area (Å²) in [4.78, 5) is 8.49. The first kappa shape index (κ1) is 20.8. The Morgan fingerprint density at radius 2 is 1.84 bits per heavy atom. The lowest BCUT2D eigenvalue weighted by Crippen LogP contribution is -2.50. The first-order valence-corrected chi connectivity index (χ1v) is 10.5. The molecule has 2 atom stereocenters. The molecule has 1 aromatic heterocycles. The molecule has 0 saturated heterocycles. The van der Waals surface area contributed by atoms with E-state index in [1.54, 1.807) is 30.5 Å². The topological polar surface area (TPSA) is 69.7 Å². The largest absolute Gasteiger partial charge is 0.485 e. The van der Waals surface area contributed by atoms with Gasteiger partial charge in [-0.25, -0.2) is 8.78 Å². The smallest absolute Gasteiger partial charge is 0.299 e.